The van der Waals surface area contributed by atoms with E-state index >= 15 is 0 Å². The Morgan fingerprint density at radius 3 is 2.82 bits per heavy atom. The van der Waals surface area contributed by atoms with Gasteiger partial charge in [-0.3, -0.25) is 4.79 Å². The van der Waals surface area contributed by atoms with Crippen molar-refractivity contribution in [1.29, 1.82) is 0 Å². The Balaban J connectivity index is 1.70. The second-order valence-corrected chi connectivity index (χ2v) is 7.92. The Morgan fingerprint density at radius 1 is 1.27 bits per heavy atom. The molecule has 22 heavy (non-hydrogen) atoms. The SMILES string of the molecule is Cc1nc(C(=O)N2CCS[C@H](c3ccccc3C)CC2)cs1. The summed E-state index contributed by atoms with van der Waals surface area (Å²) in [4.78, 5) is 18.8. The van der Waals surface area contributed by atoms with Gasteiger partial charge in [-0.05, 0) is 31.4 Å². The fourth-order valence-corrected chi connectivity index (χ4v) is 4.71. The van der Waals surface area contributed by atoms with Gasteiger partial charge in [-0.25, -0.2) is 4.98 Å². The number of nitrogens with zero attached hydrogens (tertiary/aromatic N) is 2. The highest BCUT2D eigenvalue weighted by Gasteiger charge is 2.24. The number of aromatic nitrogens is 1. The topological polar surface area (TPSA) is 33.2 Å². The van der Waals surface area contributed by atoms with Crippen LogP contribution in [0.15, 0.2) is 29.6 Å². The third-order valence-electron chi connectivity index (χ3n) is 4.00. The second kappa shape index (κ2) is 6.84. The van der Waals surface area contributed by atoms with Crippen LogP contribution in [-0.2, 0) is 0 Å². The minimum atomic E-state index is 0.0791. The third-order valence-corrected chi connectivity index (χ3v) is 6.09. The van der Waals surface area contributed by atoms with Gasteiger partial charge in [-0.2, -0.15) is 11.8 Å². The Labute approximate surface area is 139 Å². The van der Waals surface area contributed by atoms with Gasteiger partial charge >= 0.3 is 0 Å². The van der Waals surface area contributed by atoms with Gasteiger partial charge in [0.2, 0.25) is 0 Å². The highest BCUT2D eigenvalue weighted by atomic mass is 32.2. The summed E-state index contributed by atoms with van der Waals surface area (Å²) in [5.41, 5.74) is 3.35. The molecular weight excluding hydrogens is 312 g/mol. The number of thiazole rings is 1. The molecule has 1 amide bonds. The molecular formula is C17H20N2OS2. The summed E-state index contributed by atoms with van der Waals surface area (Å²) in [6.45, 7) is 5.72. The summed E-state index contributed by atoms with van der Waals surface area (Å²) in [5.74, 6) is 1.06. The highest BCUT2D eigenvalue weighted by Crippen LogP contribution is 2.36. The molecule has 0 spiro atoms. The van der Waals surface area contributed by atoms with E-state index in [-0.39, 0.29) is 5.91 Å². The van der Waals surface area contributed by atoms with Gasteiger partial charge in [-0.1, -0.05) is 24.3 Å². The fourth-order valence-electron chi connectivity index (χ4n) is 2.79. The molecule has 0 unspecified atom stereocenters. The third kappa shape index (κ3) is 3.36. The average molecular weight is 332 g/mol. The first kappa shape index (κ1) is 15.6. The van der Waals surface area contributed by atoms with Crippen LogP contribution < -0.4 is 0 Å². The molecule has 0 saturated carbocycles. The Kier molecular flexibility index (Phi) is 4.84. The molecule has 3 nitrogen and oxygen atoms in total. The van der Waals surface area contributed by atoms with Crippen molar-refractivity contribution in [3.63, 3.8) is 0 Å². The van der Waals surface area contributed by atoms with E-state index in [9.17, 15) is 4.79 Å². The van der Waals surface area contributed by atoms with Crippen LogP contribution in [0.5, 0.6) is 0 Å². The van der Waals surface area contributed by atoms with Gasteiger partial charge in [0.25, 0.3) is 5.91 Å². The van der Waals surface area contributed by atoms with E-state index in [0.29, 0.717) is 10.9 Å². The van der Waals surface area contributed by atoms with Crippen molar-refractivity contribution in [2.24, 2.45) is 0 Å². The van der Waals surface area contributed by atoms with Crippen molar-refractivity contribution in [3.8, 4) is 0 Å². The van der Waals surface area contributed by atoms with Crippen LogP contribution in [-0.4, -0.2) is 34.6 Å². The molecule has 1 atom stereocenters. The number of aryl methyl sites for hydroxylation is 2. The monoisotopic (exact) mass is 332 g/mol. The number of amides is 1. The second-order valence-electron chi connectivity index (χ2n) is 5.55. The van der Waals surface area contributed by atoms with E-state index in [4.69, 9.17) is 0 Å². The fraction of sp³-hybridized carbons (Fsp3) is 0.412. The molecule has 0 N–H and O–H groups in total. The van der Waals surface area contributed by atoms with Crippen LogP contribution in [0.2, 0.25) is 0 Å². The van der Waals surface area contributed by atoms with E-state index in [0.717, 1.165) is 30.3 Å². The van der Waals surface area contributed by atoms with Crippen LogP contribution in [0.25, 0.3) is 0 Å². The number of benzene rings is 1. The average Bonchev–Trinajstić information content (AvgIpc) is 2.81. The number of hydrogen-bond acceptors (Lipinski definition) is 4. The summed E-state index contributed by atoms with van der Waals surface area (Å²) in [5, 5.41) is 3.30. The molecule has 116 valence electrons. The van der Waals surface area contributed by atoms with E-state index in [2.05, 4.69) is 36.2 Å². The number of rotatable bonds is 2. The summed E-state index contributed by atoms with van der Waals surface area (Å²) in [7, 11) is 0. The highest BCUT2D eigenvalue weighted by molar-refractivity contribution is 7.99. The van der Waals surface area contributed by atoms with Crippen LogP contribution in [0, 0.1) is 13.8 Å². The van der Waals surface area contributed by atoms with Crippen LogP contribution in [0.4, 0.5) is 0 Å². The molecule has 1 saturated heterocycles. The Bertz CT molecular complexity index is 668. The minimum Gasteiger partial charge on any atom is -0.336 e. The smallest absolute Gasteiger partial charge is 0.273 e. The van der Waals surface area contributed by atoms with E-state index < -0.39 is 0 Å². The van der Waals surface area contributed by atoms with Crippen LogP contribution in [0.1, 0.15) is 38.3 Å². The minimum absolute atomic E-state index is 0.0791. The van der Waals surface area contributed by atoms with Crippen molar-refractivity contribution in [2.75, 3.05) is 18.8 Å². The maximum absolute atomic E-state index is 12.5. The van der Waals surface area contributed by atoms with Gasteiger partial charge in [0, 0.05) is 29.5 Å². The molecule has 2 heterocycles. The summed E-state index contributed by atoms with van der Waals surface area (Å²) in [6.07, 6.45) is 1.00. The number of thioether (sulfide) groups is 1. The Morgan fingerprint density at radius 2 is 2.09 bits per heavy atom. The lowest BCUT2D eigenvalue weighted by Gasteiger charge is -2.19. The van der Waals surface area contributed by atoms with E-state index in [1.54, 1.807) is 0 Å². The molecule has 1 aliphatic heterocycles. The largest absolute Gasteiger partial charge is 0.336 e. The summed E-state index contributed by atoms with van der Waals surface area (Å²) < 4.78 is 0. The van der Waals surface area contributed by atoms with Gasteiger partial charge in [0.1, 0.15) is 5.69 Å². The van der Waals surface area contributed by atoms with Gasteiger partial charge < -0.3 is 4.90 Å². The van der Waals surface area contributed by atoms with Gasteiger partial charge in [-0.15, -0.1) is 11.3 Å². The zero-order valence-corrected chi connectivity index (χ0v) is 14.5. The summed E-state index contributed by atoms with van der Waals surface area (Å²) in [6, 6.07) is 8.57. The molecule has 1 fully saturated rings. The van der Waals surface area contributed by atoms with Gasteiger partial charge in [0.05, 0.1) is 5.01 Å². The lowest BCUT2D eigenvalue weighted by atomic mass is 10.0. The van der Waals surface area contributed by atoms with Crippen molar-refractivity contribution < 1.29 is 4.79 Å². The van der Waals surface area contributed by atoms with Crippen molar-refractivity contribution in [3.05, 3.63) is 51.5 Å². The lowest BCUT2D eigenvalue weighted by Crippen LogP contribution is -2.33. The quantitative estimate of drug-likeness (QED) is 0.831. The predicted octanol–water partition coefficient (Wildman–Crippen LogP) is 4.08. The number of hydrogen-bond donors (Lipinski definition) is 0. The van der Waals surface area contributed by atoms with Crippen LogP contribution in [0.3, 0.4) is 0 Å². The maximum atomic E-state index is 12.5. The van der Waals surface area contributed by atoms with Gasteiger partial charge in [0.15, 0.2) is 0 Å². The van der Waals surface area contributed by atoms with Crippen molar-refractivity contribution >= 4 is 29.0 Å². The first-order valence-corrected chi connectivity index (χ1v) is 9.46. The Hall–Kier alpha value is -1.33. The summed E-state index contributed by atoms with van der Waals surface area (Å²) >= 11 is 3.50. The first-order valence-electron chi connectivity index (χ1n) is 7.53. The van der Waals surface area contributed by atoms with Crippen molar-refractivity contribution in [1.82, 2.24) is 9.88 Å². The predicted molar refractivity (Wildman–Crippen MR) is 93.7 cm³/mol. The van der Waals surface area contributed by atoms with E-state index in [1.807, 2.05) is 29.0 Å². The lowest BCUT2D eigenvalue weighted by molar-refractivity contribution is 0.0761. The molecule has 3 rings (SSSR count). The van der Waals surface area contributed by atoms with E-state index in [1.165, 1.54) is 22.5 Å². The molecule has 0 radical (unpaired) electrons. The molecule has 1 aromatic heterocycles. The number of carbonyl (C=O) groups is 1. The normalized spacial score (nSPS) is 19.0. The molecule has 2 aromatic rings. The van der Waals surface area contributed by atoms with Crippen molar-refractivity contribution in [2.45, 2.75) is 25.5 Å². The molecule has 0 bridgehead atoms. The zero-order valence-electron chi connectivity index (χ0n) is 12.9. The number of carbonyl (C=O) groups excluding carboxylic acids is 1. The molecule has 1 aliphatic rings. The standard InChI is InChI=1S/C17H20N2OS2/c1-12-5-3-4-6-14(12)16-7-8-19(9-10-21-16)17(20)15-11-22-13(2)18-15/h3-6,11,16H,7-10H2,1-2H3/t16-/m0/s1. The molecule has 1 aromatic carbocycles. The van der Waals surface area contributed by atoms with Crippen LogP contribution >= 0.6 is 23.1 Å². The first-order chi connectivity index (χ1) is 10.6. The zero-order chi connectivity index (χ0) is 15.5. The molecule has 0 aliphatic carbocycles. The molecule has 5 heteroatoms. The maximum Gasteiger partial charge on any atom is 0.273 e.